The monoisotopic (exact) mass is 220 g/mol. The van der Waals surface area contributed by atoms with Gasteiger partial charge in [0.05, 0.1) is 12.0 Å². The van der Waals surface area contributed by atoms with Gasteiger partial charge in [-0.2, -0.15) is 0 Å². The molecule has 1 N–H and O–H groups in total. The van der Waals surface area contributed by atoms with Crippen molar-refractivity contribution in [3.05, 3.63) is 23.3 Å². The number of phenols is 1. The Labute approximate surface area is 97.4 Å². The zero-order chi connectivity index (χ0) is 12.1. The Morgan fingerprint density at radius 1 is 1.19 bits per heavy atom. The molecule has 1 aromatic carbocycles. The van der Waals surface area contributed by atoms with Crippen LogP contribution in [0.3, 0.4) is 0 Å². The van der Waals surface area contributed by atoms with E-state index in [2.05, 4.69) is 11.9 Å². The Bertz CT molecular complexity index is 384. The fourth-order valence-corrected chi connectivity index (χ4v) is 1.53. The van der Waals surface area contributed by atoms with Crippen molar-refractivity contribution in [3.8, 4) is 5.75 Å². The number of rotatable bonds is 4. The largest absolute Gasteiger partial charge is 0.508 e. The molecule has 0 heterocycles. The first kappa shape index (κ1) is 12.6. The van der Waals surface area contributed by atoms with Crippen LogP contribution in [0.15, 0.2) is 17.1 Å². The minimum atomic E-state index is 0.378. The van der Waals surface area contributed by atoms with Crippen LogP contribution in [0.25, 0.3) is 0 Å². The number of aryl methyl sites for hydroxylation is 2. The van der Waals surface area contributed by atoms with Gasteiger partial charge in [0.15, 0.2) is 0 Å². The van der Waals surface area contributed by atoms with E-state index >= 15 is 0 Å². The van der Waals surface area contributed by atoms with Gasteiger partial charge in [0.2, 0.25) is 0 Å². The predicted octanol–water partition coefficient (Wildman–Crippen LogP) is 2.74. The number of benzene rings is 1. The number of nitrogens with zero attached hydrogens (tertiary/aromatic N) is 2. The highest BCUT2D eigenvalue weighted by molar-refractivity contribution is 5.64. The summed E-state index contributed by atoms with van der Waals surface area (Å²) in [6.45, 7) is 4.09. The van der Waals surface area contributed by atoms with Gasteiger partial charge in [-0.1, -0.05) is 13.8 Å². The van der Waals surface area contributed by atoms with Crippen LogP contribution in [-0.2, 0) is 12.8 Å². The quantitative estimate of drug-likeness (QED) is 0.625. The summed E-state index contributed by atoms with van der Waals surface area (Å²) in [4.78, 5) is 6.32. The first-order valence-corrected chi connectivity index (χ1v) is 5.63. The second-order valence-corrected chi connectivity index (χ2v) is 4.02. The Morgan fingerprint density at radius 3 is 2.31 bits per heavy atom. The highest BCUT2D eigenvalue weighted by Gasteiger charge is 2.06. The molecule has 16 heavy (non-hydrogen) atoms. The lowest BCUT2D eigenvalue weighted by Crippen LogP contribution is -2.07. The number of aliphatic imine (C=N–C) groups is 1. The minimum Gasteiger partial charge on any atom is -0.508 e. The molecule has 0 amide bonds. The Kier molecular flexibility index (Phi) is 4.35. The average molecular weight is 220 g/mol. The SMILES string of the molecule is CCc1cc(N=CN(C)C)c(CC)cc1O. The van der Waals surface area contributed by atoms with Crippen LogP contribution in [0.2, 0.25) is 0 Å². The Morgan fingerprint density at radius 2 is 1.81 bits per heavy atom. The maximum Gasteiger partial charge on any atom is 0.119 e. The number of hydrogen-bond acceptors (Lipinski definition) is 2. The van der Waals surface area contributed by atoms with E-state index in [-0.39, 0.29) is 0 Å². The molecule has 1 rings (SSSR count). The van der Waals surface area contributed by atoms with E-state index in [1.54, 1.807) is 6.34 Å². The molecule has 88 valence electrons. The minimum absolute atomic E-state index is 0.378. The Hall–Kier alpha value is -1.51. The van der Waals surface area contributed by atoms with Crippen LogP contribution < -0.4 is 0 Å². The van der Waals surface area contributed by atoms with Crippen molar-refractivity contribution in [3.63, 3.8) is 0 Å². The van der Waals surface area contributed by atoms with Gasteiger partial charge in [-0.25, -0.2) is 4.99 Å². The lowest BCUT2D eigenvalue weighted by atomic mass is 10.0. The summed E-state index contributed by atoms with van der Waals surface area (Å²) in [5.41, 5.74) is 2.97. The number of aromatic hydroxyl groups is 1. The molecule has 3 heteroatoms. The summed E-state index contributed by atoms with van der Waals surface area (Å²) < 4.78 is 0. The van der Waals surface area contributed by atoms with Gasteiger partial charge in [0, 0.05) is 14.1 Å². The van der Waals surface area contributed by atoms with Crippen LogP contribution in [0.1, 0.15) is 25.0 Å². The molecule has 0 aliphatic rings. The van der Waals surface area contributed by atoms with E-state index in [1.165, 1.54) is 0 Å². The third kappa shape index (κ3) is 2.99. The maximum atomic E-state index is 9.76. The van der Waals surface area contributed by atoms with E-state index in [1.807, 2.05) is 38.1 Å². The summed E-state index contributed by atoms with van der Waals surface area (Å²) in [5, 5.41) is 9.76. The molecule has 0 fully saturated rings. The topological polar surface area (TPSA) is 35.8 Å². The summed E-state index contributed by atoms with van der Waals surface area (Å²) in [6.07, 6.45) is 3.48. The molecular formula is C13H20N2O. The molecule has 0 saturated heterocycles. The third-order valence-corrected chi connectivity index (χ3v) is 2.47. The number of hydrogen-bond donors (Lipinski definition) is 1. The fourth-order valence-electron chi connectivity index (χ4n) is 1.53. The van der Waals surface area contributed by atoms with Gasteiger partial charge >= 0.3 is 0 Å². The molecule has 0 aliphatic heterocycles. The summed E-state index contributed by atoms with van der Waals surface area (Å²) in [6, 6.07) is 3.79. The fraction of sp³-hybridized carbons (Fsp3) is 0.462. The van der Waals surface area contributed by atoms with Gasteiger partial charge in [0.25, 0.3) is 0 Å². The van der Waals surface area contributed by atoms with Crippen LogP contribution >= 0.6 is 0 Å². The second-order valence-electron chi connectivity index (χ2n) is 4.02. The van der Waals surface area contributed by atoms with E-state index in [0.29, 0.717) is 5.75 Å². The highest BCUT2D eigenvalue weighted by Crippen LogP contribution is 2.29. The van der Waals surface area contributed by atoms with Gasteiger partial charge in [0.1, 0.15) is 5.75 Å². The van der Waals surface area contributed by atoms with Crippen molar-refractivity contribution in [1.82, 2.24) is 4.90 Å². The summed E-state index contributed by atoms with van der Waals surface area (Å²) in [7, 11) is 3.88. The van der Waals surface area contributed by atoms with E-state index < -0.39 is 0 Å². The molecule has 1 aromatic rings. The van der Waals surface area contributed by atoms with Gasteiger partial charge in [-0.3, -0.25) is 0 Å². The van der Waals surface area contributed by atoms with Gasteiger partial charge in [-0.05, 0) is 36.1 Å². The molecule has 0 radical (unpaired) electrons. The predicted molar refractivity (Wildman–Crippen MR) is 68.7 cm³/mol. The van der Waals surface area contributed by atoms with Gasteiger partial charge in [-0.15, -0.1) is 0 Å². The average Bonchev–Trinajstić information content (AvgIpc) is 2.26. The molecule has 0 bridgehead atoms. The first-order chi connectivity index (χ1) is 7.58. The first-order valence-electron chi connectivity index (χ1n) is 5.63. The molecule has 0 aromatic heterocycles. The van der Waals surface area contributed by atoms with E-state index in [4.69, 9.17) is 0 Å². The van der Waals surface area contributed by atoms with Crippen LogP contribution in [0.4, 0.5) is 5.69 Å². The molecular weight excluding hydrogens is 200 g/mol. The summed E-state index contributed by atoms with van der Waals surface area (Å²) >= 11 is 0. The molecule has 0 atom stereocenters. The highest BCUT2D eigenvalue weighted by atomic mass is 16.3. The van der Waals surface area contributed by atoms with Gasteiger partial charge < -0.3 is 10.0 Å². The summed E-state index contributed by atoms with van der Waals surface area (Å²) in [5.74, 6) is 0.378. The molecule has 0 aliphatic carbocycles. The standard InChI is InChI=1S/C13H20N2O/c1-5-10-8-13(16)11(6-2)7-12(10)14-9-15(3)4/h7-9,16H,5-6H2,1-4H3. The molecule has 3 nitrogen and oxygen atoms in total. The second kappa shape index (κ2) is 5.54. The third-order valence-electron chi connectivity index (χ3n) is 2.47. The van der Waals surface area contributed by atoms with Crippen molar-refractivity contribution in [2.45, 2.75) is 26.7 Å². The van der Waals surface area contributed by atoms with Crippen molar-refractivity contribution in [2.75, 3.05) is 14.1 Å². The van der Waals surface area contributed by atoms with Crippen molar-refractivity contribution >= 4 is 12.0 Å². The van der Waals surface area contributed by atoms with E-state index in [0.717, 1.165) is 29.7 Å². The molecule has 0 spiro atoms. The Balaban J connectivity index is 3.14. The zero-order valence-corrected chi connectivity index (χ0v) is 10.5. The van der Waals surface area contributed by atoms with Crippen LogP contribution in [0.5, 0.6) is 5.75 Å². The molecule has 0 unspecified atom stereocenters. The maximum absolute atomic E-state index is 9.76. The van der Waals surface area contributed by atoms with Crippen molar-refractivity contribution < 1.29 is 5.11 Å². The van der Waals surface area contributed by atoms with Crippen LogP contribution in [-0.4, -0.2) is 30.4 Å². The van der Waals surface area contributed by atoms with Crippen molar-refractivity contribution in [1.29, 1.82) is 0 Å². The normalized spacial score (nSPS) is 11.0. The smallest absolute Gasteiger partial charge is 0.119 e. The lowest BCUT2D eigenvalue weighted by Gasteiger charge is -2.09. The number of phenolic OH excluding ortho intramolecular Hbond substituents is 1. The van der Waals surface area contributed by atoms with Crippen molar-refractivity contribution in [2.24, 2.45) is 4.99 Å². The van der Waals surface area contributed by atoms with Crippen LogP contribution in [0, 0.1) is 0 Å². The van der Waals surface area contributed by atoms with E-state index in [9.17, 15) is 5.11 Å². The molecule has 0 saturated carbocycles. The lowest BCUT2D eigenvalue weighted by molar-refractivity contribution is 0.468. The zero-order valence-electron chi connectivity index (χ0n) is 10.5.